The monoisotopic (exact) mass is 536 g/mol. The Morgan fingerprint density at radius 1 is 0.286 bits per heavy atom. The van der Waals surface area contributed by atoms with Gasteiger partial charge in [0.25, 0.3) is 0 Å². The summed E-state index contributed by atoms with van der Waals surface area (Å²) >= 11 is 0. The molecule has 196 valence electrons. The third-order valence-corrected chi connectivity index (χ3v) is 8.48. The Bertz CT molecular complexity index is 2390. The topological polar surface area (TPSA) is 26.3 Å². The van der Waals surface area contributed by atoms with Crippen LogP contribution in [0.4, 0.5) is 0 Å². The molecular weight excluding hydrogens is 512 g/mol. The van der Waals surface area contributed by atoms with Crippen molar-refractivity contribution in [3.8, 4) is 33.6 Å². The van der Waals surface area contributed by atoms with E-state index in [1.165, 1.54) is 38.2 Å². The average molecular weight is 537 g/mol. The van der Waals surface area contributed by atoms with Gasteiger partial charge in [-0.1, -0.05) is 127 Å². The van der Waals surface area contributed by atoms with E-state index in [1.807, 2.05) is 18.2 Å². The quantitative estimate of drug-likeness (QED) is 0.210. The van der Waals surface area contributed by atoms with Crippen LogP contribution < -0.4 is 0 Å². The minimum atomic E-state index is 0.776. The Morgan fingerprint density at radius 2 is 0.762 bits per heavy atom. The van der Waals surface area contributed by atoms with Crippen LogP contribution >= 0.6 is 0 Å². The van der Waals surface area contributed by atoms with E-state index in [1.54, 1.807) is 0 Å². The first-order valence-electron chi connectivity index (χ1n) is 14.3. The number of hydrogen-bond donors (Lipinski definition) is 0. The first-order valence-corrected chi connectivity index (χ1v) is 14.3. The molecule has 0 N–H and O–H groups in total. The highest BCUT2D eigenvalue weighted by molar-refractivity contribution is 6.26. The van der Waals surface area contributed by atoms with Crippen LogP contribution in [-0.2, 0) is 0 Å². The fraction of sp³-hybridized carbons (Fsp3) is 0. The smallest absolute Gasteiger partial charge is 0.178 e. The van der Waals surface area contributed by atoms with E-state index in [-0.39, 0.29) is 0 Å². The van der Waals surface area contributed by atoms with Crippen LogP contribution in [0.2, 0.25) is 0 Å². The van der Waals surface area contributed by atoms with Crippen LogP contribution in [0.3, 0.4) is 0 Å². The second-order valence-electron chi connectivity index (χ2n) is 10.8. The van der Waals surface area contributed by atoms with Crippen molar-refractivity contribution in [2.45, 2.75) is 0 Å². The summed E-state index contributed by atoms with van der Waals surface area (Å²) in [5.41, 5.74) is 8.18. The van der Waals surface area contributed by atoms with Crippen LogP contribution in [0.1, 0.15) is 0 Å². The van der Waals surface area contributed by atoms with Crippen molar-refractivity contribution in [1.82, 2.24) is 0 Å². The normalized spacial score (nSPS) is 11.8. The second kappa shape index (κ2) is 8.95. The number of para-hydroxylation sites is 1. The SMILES string of the molecule is c1ccc(-c2oc3c(ccc4c5ccccc5oc43)c2-c2c3ccccc3c(-c3ccccc3)c3ccccc23)cc1. The van der Waals surface area contributed by atoms with Gasteiger partial charge in [-0.25, -0.2) is 0 Å². The highest BCUT2D eigenvalue weighted by atomic mass is 16.4. The summed E-state index contributed by atoms with van der Waals surface area (Å²) in [5.74, 6) is 0.848. The number of fused-ring (bicyclic) bond motifs is 7. The summed E-state index contributed by atoms with van der Waals surface area (Å²) in [6, 6.07) is 51.2. The van der Waals surface area contributed by atoms with Crippen LogP contribution in [-0.4, -0.2) is 0 Å². The molecule has 0 atom stereocenters. The molecule has 0 spiro atoms. The number of rotatable bonds is 3. The molecule has 2 nitrogen and oxygen atoms in total. The van der Waals surface area contributed by atoms with Crippen molar-refractivity contribution in [2.75, 3.05) is 0 Å². The predicted molar refractivity (Wildman–Crippen MR) is 175 cm³/mol. The third kappa shape index (κ3) is 3.27. The molecule has 42 heavy (non-hydrogen) atoms. The van der Waals surface area contributed by atoms with Crippen LogP contribution in [0, 0.1) is 0 Å². The van der Waals surface area contributed by atoms with Crippen molar-refractivity contribution in [3.05, 3.63) is 146 Å². The molecule has 0 bridgehead atoms. The number of hydrogen-bond acceptors (Lipinski definition) is 2. The summed E-state index contributed by atoms with van der Waals surface area (Å²) in [7, 11) is 0. The van der Waals surface area contributed by atoms with Crippen molar-refractivity contribution in [3.63, 3.8) is 0 Å². The number of furan rings is 2. The Kier molecular flexibility index (Phi) is 4.93. The lowest BCUT2D eigenvalue weighted by Crippen LogP contribution is -1.91. The predicted octanol–water partition coefficient (Wildman–Crippen LogP) is 11.6. The molecule has 0 aliphatic heterocycles. The maximum absolute atomic E-state index is 6.90. The van der Waals surface area contributed by atoms with Crippen molar-refractivity contribution < 1.29 is 8.83 Å². The van der Waals surface area contributed by atoms with Crippen LogP contribution in [0.25, 0.3) is 88.0 Å². The van der Waals surface area contributed by atoms with E-state index < -0.39 is 0 Å². The van der Waals surface area contributed by atoms with Crippen LogP contribution in [0.15, 0.2) is 154 Å². The summed E-state index contributed by atoms with van der Waals surface area (Å²) in [6.07, 6.45) is 0. The van der Waals surface area contributed by atoms with Gasteiger partial charge in [0.2, 0.25) is 0 Å². The zero-order valence-corrected chi connectivity index (χ0v) is 22.7. The molecule has 0 aliphatic carbocycles. The lowest BCUT2D eigenvalue weighted by atomic mass is 9.84. The molecule has 0 saturated heterocycles. The van der Waals surface area contributed by atoms with E-state index in [4.69, 9.17) is 8.83 Å². The molecular formula is C40H24O2. The molecule has 0 amide bonds. The van der Waals surface area contributed by atoms with E-state index >= 15 is 0 Å². The Morgan fingerprint density at radius 3 is 1.40 bits per heavy atom. The summed E-state index contributed by atoms with van der Waals surface area (Å²) in [5, 5.41) is 8.03. The molecule has 0 unspecified atom stereocenters. The van der Waals surface area contributed by atoms with Gasteiger partial charge >= 0.3 is 0 Å². The molecule has 2 heteroatoms. The largest absolute Gasteiger partial charge is 0.452 e. The Hall–Kier alpha value is -5.60. The second-order valence-corrected chi connectivity index (χ2v) is 10.8. The zero-order chi connectivity index (χ0) is 27.6. The maximum atomic E-state index is 6.90. The van der Waals surface area contributed by atoms with Crippen LogP contribution in [0.5, 0.6) is 0 Å². The Balaban J connectivity index is 1.49. The van der Waals surface area contributed by atoms with Gasteiger partial charge in [0, 0.05) is 32.8 Å². The first kappa shape index (κ1) is 23.1. The van der Waals surface area contributed by atoms with Gasteiger partial charge in [-0.15, -0.1) is 0 Å². The van der Waals surface area contributed by atoms with Crippen molar-refractivity contribution in [2.24, 2.45) is 0 Å². The van der Waals surface area contributed by atoms with E-state index in [2.05, 4.69) is 127 Å². The number of benzene rings is 7. The van der Waals surface area contributed by atoms with Gasteiger partial charge in [0.1, 0.15) is 11.3 Å². The molecule has 0 aliphatic rings. The van der Waals surface area contributed by atoms with Gasteiger partial charge in [-0.2, -0.15) is 0 Å². The summed E-state index contributed by atoms with van der Waals surface area (Å²) < 4.78 is 13.4. The Labute approximate surface area is 242 Å². The van der Waals surface area contributed by atoms with E-state index in [0.29, 0.717) is 0 Å². The minimum absolute atomic E-state index is 0.776. The summed E-state index contributed by atoms with van der Waals surface area (Å²) in [6.45, 7) is 0. The fourth-order valence-electron chi connectivity index (χ4n) is 6.69. The first-order chi connectivity index (χ1) is 20.9. The summed E-state index contributed by atoms with van der Waals surface area (Å²) in [4.78, 5) is 0. The van der Waals surface area contributed by atoms with Gasteiger partial charge in [0.15, 0.2) is 11.2 Å². The van der Waals surface area contributed by atoms with Gasteiger partial charge < -0.3 is 8.83 Å². The van der Waals surface area contributed by atoms with Crippen molar-refractivity contribution >= 4 is 54.5 Å². The maximum Gasteiger partial charge on any atom is 0.178 e. The zero-order valence-electron chi connectivity index (χ0n) is 22.7. The molecule has 7 aromatic carbocycles. The van der Waals surface area contributed by atoms with E-state index in [9.17, 15) is 0 Å². The average Bonchev–Trinajstić information content (AvgIpc) is 3.63. The molecule has 0 saturated carbocycles. The van der Waals surface area contributed by atoms with E-state index in [0.717, 1.165) is 49.8 Å². The highest BCUT2D eigenvalue weighted by Crippen LogP contribution is 2.50. The van der Waals surface area contributed by atoms with Gasteiger partial charge in [0.05, 0.1) is 0 Å². The van der Waals surface area contributed by atoms with Gasteiger partial charge in [-0.3, -0.25) is 0 Å². The van der Waals surface area contributed by atoms with Crippen molar-refractivity contribution in [1.29, 1.82) is 0 Å². The van der Waals surface area contributed by atoms with Gasteiger partial charge in [-0.05, 0) is 50.9 Å². The molecule has 9 rings (SSSR count). The third-order valence-electron chi connectivity index (χ3n) is 8.48. The molecule has 9 aromatic rings. The fourth-order valence-corrected chi connectivity index (χ4v) is 6.69. The minimum Gasteiger partial charge on any atom is -0.452 e. The lowest BCUT2D eigenvalue weighted by molar-refractivity contribution is 0.612. The molecule has 2 aromatic heterocycles. The molecule has 0 radical (unpaired) electrons. The molecule has 2 heterocycles. The molecule has 0 fully saturated rings. The highest BCUT2D eigenvalue weighted by Gasteiger charge is 2.26. The lowest BCUT2D eigenvalue weighted by Gasteiger charge is -2.18. The standard InChI is InChI=1S/C40H24O2/c1-3-13-25(14-4-1)35-28-18-7-9-20-30(28)36(31-21-10-8-19-29(31)35)37-33-24-23-32-27-17-11-12-22-34(27)41-39(32)40(33)42-38(37)26-15-5-2-6-16-26/h1-24H.